The molecule has 0 fully saturated rings. The van der Waals surface area contributed by atoms with Gasteiger partial charge in [0.05, 0.1) is 35.6 Å². The molecule has 7 nitrogen and oxygen atoms in total. The number of alkyl halides is 3. The van der Waals surface area contributed by atoms with Gasteiger partial charge in [0, 0.05) is 18.7 Å². The van der Waals surface area contributed by atoms with E-state index in [1.54, 1.807) is 17.9 Å². The number of hydrogen-bond acceptors (Lipinski definition) is 4. The molecule has 0 radical (unpaired) electrons. The second-order valence-corrected chi connectivity index (χ2v) is 7.45. The molecule has 3 heterocycles. The van der Waals surface area contributed by atoms with E-state index in [0.717, 1.165) is 6.07 Å². The van der Waals surface area contributed by atoms with Crippen molar-refractivity contribution in [2.24, 2.45) is 0 Å². The van der Waals surface area contributed by atoms with Gasteiger partial charge in [-0.15, -0.1) is 0 Å². The minimum Gasteiger partial charge on any atom is -0.364 e. The Morgan fingerprint density at radius 3 is 2.67 bits per heavy atom. The van der Waals surface area contributed by atoms with Gasteiger partial charge in [-0.1, -0.05) is 29.8 Å². The number of nitrogens with zero attached hydrogens (tertiary/aromatic N) is 3. The lowest BCUT2D eigenvalue weighted by atomic mass is 10.00. The summed E-state index contributed by atoms with van der Waals surface area (Å²) in [6.07, 6.45) is -2.71. The van der Waals surface area contributed by atoms with Crippen molar-refractivity contribution in [3.05, 3.63) is 78.6 Å². The molecule has 0 unspecified atom stereocenters. The van der Waals surface area contributed by atoms with Crippen LogP contribution < -0.4 is 16.0 Å². The number of aromatic nitrogens is 4. The topological polar surface area (TPSA) is 86.8 Å². The van der Waals surface area contributed by atoms with Gasteiger partial charge < -0.3 is 4.90 Å². The Bertz CT molecular complexity index is 1210. The fourth-order valence-corrected chi connectivity index (χ4v) is 4.07. The number of benzene rings is 1. The molecular weight excluding hydrogens is 423 g/mol. The average Bonchev–Trinajstić information content (AvgIpc) is 3.05. The number of aromatic amines is 2. The molecule has 11 heteroatoms. The van der Waals surface area contributed by atoms with E-state index < -0.39 is 23.3 Å². The quantitative estimate of drug-likeness (QED) is 0.656. The molecule has 1 atom stereocenters. The lowest BCUT2D eigenvalue weighted by molar-refractivity contribution is -0.138. The van der Waals surface area contributed by atoms with Crippen molar-refractivity contribution >= 4 is 17.3 Å². The highest BCUT2D eigenvalue weighted by molar-refractivity contribution is 6.33. The fraction of sp³-hybridized carbons (Fsp3) is 0.316. The SMILES string of the molecule is C[C@H](c1ccccc1C(F)(F)F)n1[nH]c(=O)c2c1CCN(c1cn[nH]c(=O)c1Cl)C2. The standard InChI is InChI=1S/C19H17ClF3N5O2/c1-10(11-4-2-3-5-13(11)19(21,22)23)28-14-6-7-27(9-12(14)17(29)26-28)15-8-24-25-18(30)16(15)20/h2-5,8,10H,6-7,9H2,1H3,(H,25,30)(H,26,29)/t10-/m1/s1. The van der Waals surface area contributed by atoms with Gasteiger partial charge in [-0.25, -0.2) is 5.10 Å². The Balaban J connectivity index is 1.72. The number of anilines is 1. The van der Waals surface area contributed by atoms with Gasteiger partial charge in [-0.05, 0) is 18.6 Å². The maximum Gasteiger partial charge on any atom is 0.416 e. The molecule has 1 aliphatic heterocycles. The third kappa shape index (κ3) is 3.41. The fourth-order valence-electron chi connectivity index (χ4n) is 3.86. The maximum absolute atomic E-state index is 13.4. The largest absolute Gasteiger partial charge is 0.416 e. The molecule has 158 valence electrons. The molecule has 1 aliphatic rings. The van der Waals surface area contributed by atoms with Crippen LogP contribution in [0.5, 0.6) is 0 Å². The normalized spacial score (nSPS) is 15.2. The van der Waals surface area contributed by atoms with Gasteiger partial charge in [0.25, 0.3) is 11.1 Å². The summed E-state index contributed by atoms with van der Waals surface area (Å²) in [5.41, 5.74) is -0.135. The van der Waals surface area contributed by atoms with Crippen molar-refractivity contribution in [1.82, 2.24) is 20.0 Å². The minimum absolute atomic E-state index is 0.0308. The smallest absolute Gasteiger partial charge is 0.364 e. The van der Waals surface area contributed by atoms with Crippen LogP contribution in [0.15, 0.2) is 40.1 Å². The van der Waals surface area contributed by atoms with Crippen LogP contribution >= 0.6 is 11.6 Å². The summed E-state index contributed by atoms with van der Waals surface area (Å²) in [6, 6.07) is 4.59. The summed E-state index contributed by atoms with van der Waals surface area (Å²) in [7, 11) is 0. The molecular formula is C19H17ClF3N5O2. The van der Waals surface area contributed by atoms with Crippen molar-refractivity contribution in [3.8, 4) is 0 Å². The van der Waals surface area contributed by atoms with Crippen LogP contribution in [0.25, 0.3) is 0 Å². The van der Waals surface area contributed by atoms with E-state index >= 15 is 0 Å². The van der Waals surface area contributed by atoms with E-state index in [-0.39, 0.29) is 22.7 Å². The van der Waals surface area contributed by atoms with Crippen molar-refractivity contribution in [3.63, 3.8) is 0 Å². The van der Waals surface area contributed by atoms with Crippen LogP contribution in [0.4, 0.5) is 18.9 Å². The summed E-state index contributed by atoms with van der Waals surface area (Å²) in [6.45, 7) is 2.20. The third-order valence-electron chi connectivity index (χ3n) is 5.32. The molecule has 0 saturated carbocycles. The van der Waals surface area contributed by atoms with Crippen molar-refractivity contribution < 1.29 is 13.2 Å². The van der Waals surface area contributed by atoms with Crippen LogP contribution in [-0.4, -0.2) is 26.5 Å². The summed E-state index contributed by atoms with van der Waals surface area (Å²) in [5, 5.41) is 8.63. The summed E-state index contributed by atoms with van der Waals surface area (Å²) in [4.78, 5) is 26.1. The highest BCUT2D eigenvalue weighted by Crippen LogP contribution is 2.36. The third-order valence-corrected chi connectivity index (χ3v) is 5.69. The monoisotopic (exact) mass is 439 g/mol. The van der Waals surface area contributed by atoms with Crippen LogP contribution in [-0.2, 0) is 19.1 Å². The molecule has 0 bridgehead atoms. The lowest BCUT2D eigenvalue weighted by Gasteiger charge is -2.30. The zero-order valence-electron chi connectivity index (χ0n) is 15.8. The van der Waals surface area contributed by atoms with Crippen molar-refractivity contribution in [1.29, 1.82) is 0 Å². The van der Waals surface area contributed by atoms with E-state index in [2.05, 4.69) is 15.3 Å². The maximum atomic E-state index is 13.4. The van der Waals surface area contributed by atoms with E-state index in [1.807, 2.05) is 0 Å². The number of H-pyrrole nitrogens is 2. The molecule has 30 heavy (non-hydrogen) atoms. The van der Waals surface area contributed by atoms with Gasteiger partial charge in [0.2, 0.25) is 0 Å². The highest BCUT2D eigenvalue weighted by atomic mass is 35.5. The van der Waals surface area contributed by atoms with Crippen LogP contribution in [0, 0.1) is 0 Å². The first-order valence-corrected chi connectivity index (χ1v) is 9.52. The minimum atomic E-state index is -4.50. The molecule has 1 aromatic carbocycles. The van der Waals surface area contributed by atoms with Gasteiger partial charge >= 0.3 is 6.18 Å². The number of rotatable bonds is 3. The first-order chi connectivity index (χ1) is 14.2. The molecule has 2 aromatic heterocycles. The van der Waals surface area contributed by atoms with Crippen molar-refractivity contribution in [2.45, 2.75) is 32.1 Å². The molecule has 4 rings (SSSR count). The van der Waals surface area contributed by atoms with E-state index in [9.17, 15) is 22.8 Å². The number of fused-ring (bicyclic) bond motifs is 1. The lowest BCUT2D eigenvalue weighted by Crippen LogP contribution is -2.34. The Labute approximate surface area is 173 Å². The highest BCUT2D eigenvalue weighted by Gasteiger charge is 2.35. The van der Waals surface area contributed by atoms with E-state index in [0.29, 0.717) is 29.9 Å². The zero-order chi connectivity index (χ0) is 21.6. The number of nitrogens with one attached hydrogen (secondary N) is 2. The number of hydrogen-bond donors (Lipinski definition) is 2. The Hall–Kier alpha value is -3.01. The summed E-state index contributed by atoms with van der Waals surface area (Å²) >= 11 is 6.07. The molecule has 2 N–H and O–H groups in total. The Morgan fingerprint density at radius 1 is 1.20 bits per heavy atom. The van der Waals surface area contributed by atoms with Crippen LogP contribution in [0.3, 0.4) is 0 Å². The molecule has 3 aromatic rings. The van der Waals surface area contributed by atoms with E-state index in [4.69, 9.17) is 11.6 Å². The van der Waals surface area contributed by atoms with Gasteiger partial charge in [-0.2, -0.15) is 18.3 Å². The van der Waals surface area contributed by atoms with Crippen LogP contribution in [0.1, 0.15) is 35.3 Å². The summed E-state index contributed by atoms with van der Waals surface area (Å²) in [5.74, 6) is 0. The van der Waals surface area contributed by atoms with Gasteiger partial charge in [0.1, 0.15) is 5.02 Å². The second-order valence-electron chi connectivity index (χ2n) is 7.07. The average molecular weight is 440 g/mol. The first kappa shape index (κ1) is 20.3. The predicted molar refractivity (Wildman–Crippen MR) is 105 cm³/mol. The molecule has 0 aliphatic carbocycles. The molecule has 0 spiro atoms. The van der Waals surface area contributed by atoms with Gasteiger partial charge in [-0.3, -0.25) is 19.4 Å². The zero-order valence-corrected chi connectivity index (χ0v) is 16.5. The second kappa shape index (κ2) is 7.35. The van der Waals surface area contributed by atoms with Gasteiger partial charge in [0.15, 0.2) is 0 Å². The van der Waals surface area contributed by atoms with E-state index in [1.165, 1.54) is 23.0 Å². The predicted octanol–water partition coefficient (Wildman–Crippen LogP) is 3.10. The Kier molecular flexibility index (Phi) is 4.97. The van der Waals surface area contributed by atoms with Crippen LogP contribution in [0.2, 0.25) is 5.02 Å². The molecule has 0 saturated heterocycles. The first-order valence-electron chi connectivity index (χ1n) is 9.15. The molecule has 0 amide bonds. The summed E-state index contributed by atoms with van der Waals surface area (Å²) < 4.78 is 41.8. The Morgan fingerprint density at radius 2 is 1.93 bits per heavy atom. The number of halogens is 4. The van der Waals surface area contributed by atoms with Crippen molar-refractivity contribution in [2.75, 3.05) is 11.4 Å².